The Balaban J connectivity index is 1.56. The van der Waals surface area contributed by atoms with Gasteiger partial charge in [-0.25, -0.2) is 14.6 Å². The number of rotatable bonds is 2. The van der Waals surface area contributed by atoms with Gasteiger partial charge in [-0.05, 0) is 31.4 Å². The highest BCUT2D eigenvalue weighted by Gasteiger charge is 2.30. The number of fused-ring (bicyclic) bond motifs is 3. The van der Waals surface area contributed by atoms with E-state index in [-0.39, 0.29) is 0 Å². The Bertz CT molecular complexity index is 858. The monoisotopic (exact) mass is 320 g/mol. The van der Waals surface area contributed by atoms with Crippen molar-refractivity contribution < 1.29 is 0 Å². The van der Waals surface area contributed by atoms with Crippen LogP contribution in [-0.4, -0.2) is 44.9 Å². The van der Waals surface area contributed by atoms with E-state index >= 15 is 0 Å². The third-order valence-electron chi connectivity index (χ3n) is 5.17. The summed E-state index contributed by atoms with van der Waals surface area (Å²) in [4.78, 5) is 11.5. The molecule has 4 heterocycles. The first kappa shape index (κ1) is 13.9. The molecule has 2 aliphatic rings. The van der Waals surface area contributed by atoms with E-state index in [0.717, 1.165) is 35.6 Å². The maximum absolute atomic E-state index is 4.60. The Hall–Kier alpha value is -2.47. The SMILES string of the molecule is c1ccc(-n2ncc3c(N4CCC5CCC(C4)N5)ncnc32)cc1. The third kappa shape index (κ3) is 2.26. The lowest BCUT2D eigenvalue weighted by Crippen LogP contribution is -2.35. The number of nitrogens with one attached hydrogen (secondary N) is 1. The highest BCUT2D eigenvalue weighted by molar-refractivity contribution is 5.87. The number of hydrogen-bond acceptors (Lipinski definition) is 5. The lowest BCUT2D eigenvalue weighted by atomic mass is 10.1. The average Bonchev–Trinajstić information content (AvgIpc) is 3.19. The summed E-state index contributed by atoms with van der Waals surface area (Å²) in [7, 11) is 0. The molecule has 2 saturated heterocycles. The van der Waals surface area contributed by atoms with Crippen LogP contribution in [0.1, 0.15) is 19.3 Å². The number of nitrogens with zero attached hydrogens (tertiary/aromatic N) is 5. The number of para-hydroxylation sites is 1. The summed E-state index contributed by atoms with van der Waals surface area (Å²) in [6.45, 7) is 2.05. The van der Waals surface area contributed by atoms with Gasteiger partial charge in [0, 0.05) is 25.2 Å². The van der Waals surface area contributed by atoms with Gasteiger partial charge >= 0.3 is 0 Å². The lowest BCUT2D eigenvalue weighted by molar-refractivity contribution is 0.563. The molecule has 2 atom stereocenters. The zero-order valence-electron chi connectivity index (χ0n) is 13.5. The van der Waals surface area contributed by atoms with Crippen molar-refractivity contribution in [3.8, 4) is 5.69 Å². The van der Waals surface area contributed by atoms with Crippen LogP contribution in [0.5, 0.6) is 0 Å². The van der Waals surface area contributed by atoms with Crippen LogP contribution in [0.3, 0.4) is 0 Å². The van der Waals surface area contributed by atoms with E-state index in [1.165, 1.54) is 19.3 Å². The first-order valence-corrected chi connectivity index (χ1v) is 8.63. The Morgan fingerprint density at radius 1 is 1.00 bits per heavy atom. The van der Waals surface area contributed by atoms with E-state index < -0.39 is 0 Å². The van der Waals surface area contributed by atoms with Crippen LogP contribution in [0.2, 0.25) is 0 Å². The van der Waals surface area contributed by atoms with Crippen molar-refractivity contribution in [2.45, 2.75) is 31.3 Å². The van der Waals surface area contributed by atoms with Gasteiger partial charge in [0.2, 0.25) is 0 Å². The van der Waals surface area contributed by atoms with Crippen LogP contribution in [-0.2, 0) is 0 Å². The molecule has 0 spiro atoms. The Kier molecular flexibility index (Phi) is 3.23. The second kappa shape index (κ2) is 5.56. The second-order valence-electron chi connectivity index (χ2n) is 6.70. The minimum atomic E-state index is 0.576. The van der Waals surface area contributed by atoms with E-state index in [9.17, 15) is 0 Å². The first-order valence-electron chi connectivity index (χ1n) is 8.63. The molecule has 3 aromatic rings. The van der Waals surface area contributed by atoms with Gasteiger partial charge in [0.15, 0.2) is 5.65 Å². The van der Waals surface area contributed by atoms with Gasteiger partial charge in [0.1, 0.15) is 12.1 Å². The Morgan fingerprint density at radius 3 is 2.79 bits per heavy atom. The molecule has 6 heteroatoms. The maximum atomic E-state index is 4.60. The van der Waals surface area contributed by atoms with E-state index in [2.05, 4.69) is 25.3 Å². The van der Waals surface area contributed by atoms with Crippen molar-refractivity contribution in [1.82, 2.24) is 25.1 Å². The fraction of sp³-hybridized carbons (Fsp3) is 0.389. The second-order valence-corrected chi connectivity index (χ2v) is 6.70. The average molecular weight is 320 g/mol. The molecule has 6 nitrogen and oxygen atoms in total. The number of hydrogen-bond donors (Lipinski definition) is 1. The molecule has 2 bridgehead atoms. The minimum Gasteiger partial charge on any atom is -0.354 e. The van der Waals surface area contributed by atoms with Crippen LogP contribution in [0.4, 0.5) is 5.82 Å². The minimum absolute atomic E-state index is 0.576. The van der Waals surface area contributed by atoms with Gasteiger partial charge in [0.05, 0.1) is 17.3 Å². The van der Waals surface area contributed by atoms with Crippen LogP contribution in [0.25, 0.3) is 16.7 Å². The fourth-order valence-corrected chi connectivity index (χ4v) is 3.98. The lowest BCUT2D eigenvalue weighted by Gasteiger charge is -2.25. The molecule has 122 valence electrons. The van der Waals surface area contributed by atoms with Gasteiger partial charge in [-0.3, -0.25) is 0 Å². The summed E-state index contributed by atoms with van der Waals surface area (Å²) in [6, 6.07) is 11.4. The zero-order chi connectivity index (χ0) is 15.9. The Morgan fingerprint density at radius 2 is 1.88 bits per heavy atom. The molecule has 2 fully saturated rings. The standard InChI is InChI=1S/C18H20N6/c1-2-4-15(5-3-1)24-18-16(10-21-24)17(19-12-20-18)23-9-8-13-6-7-14(11-23)22-13/h1-5,10,12-14,22H,6-9,11H2. The zero-order valence-corrected chi connectivity index (χ0v) is 13.5. The largest absolute Gasteiger partial charge is 0.354 e. The molecule has 2 unspecified atom stereocenters. The molecule has 1 N–H and O–H groups in total. The summed E-state index contributed by atoms with van der Waals surface area (Å²) in [5.74, 6) is 1.01. The summed E-state index contributed by atoms with van der Waals surface area (Å²) in [5, 5.41) is 9.32. The first-order chi connectivity index (χ1) is 11.9. The molecule has 5 rings (SSSR count). The fourth-order valence-electron chi connectivity index (χ4n) is 3.98. The summed E-state index contributed by atoms with van der Waals surface area (Å²) >= 11 is 0. The highest BCUT2D eigenvalue weighted by Crippen LogP contribution is 2.28. The maximum Gasteiger partial charge on any atom is 0.168 e. The molecule has 2 aromatic heterocycles. The third-order valence-corrected chi connectivity index (χ3v) is 5.17. The van der Waals surface area contributed by atoms with E-state index in [1.807, 2.05) is 41.2 Å². The molecule has 24 heavy (non-hydrogen) atoms. The molecule has 0 aliphatic carbocycles. The predicted molar refractivity (Wildman–Crippen MR) is 93.4 cm³/mol. The van der Waals surface area contributed by atoms with Gasteiger partial charge in [-0.2, -0.15) is 5.10 Å². The molecular formula is C18H20N6. The van der Waals surface area contributed by atoms with Crippen molar-refractivity contribution in [3.05, 3.63) is 42.9 Å². The van der Waals surface area contributed by atoms with Crippen molar-refractivity contribution in [2.75, 3.05) is 18.0 Å². The van der Waals surface area contributed by atoms with Crippen LogP contribution in [0, 0.1) is 0 Å². The smallest absolute Gasteiger partial charge is 0.168 e. The normalized spacial score (nSPS) is 23.6. The van der Waals surface area contributed by atoms with Crippen molar-refractivity contribution in [2.24, 2.45) is 0 Å². The Labute approximate surface area is 140 Å². The quantitative estimate of drug-likeness (QED) is 0.784. The molecular weight excluding hydrogens is 300 g/mol. The number of anilines is 1. The van der Waals surface area contributed by atoms with Gasteiger partial charge < -0.3 is 10.2 Å². The number of benzene rings is 1. The van der Waals surface area contributed by atoms with Crippen LogP contribution < -0.4 is 10.2 Å². The predicted octanol–water partition coefficient (Wildman–Crippen LogP) is 2.15. The molecule has 0 saturated carbocycles. The summed E-state index contributed by atoms with van der Waals surface area (Å²) < 4.78 is 1.89. The number of aromatic nitrogens is 4. The van der Waals surface area contributed by atoms with Gasteiger partial charge in [-0.15, -0.1) is 0 Å². The van der Waals surface area contributed by atoms with Crippen molar-refractivity contribution in [3.63, 3.8) is 0 Å². The molecule has 0 radical (unpaired) electrons. The summed E-state index contributed by atoms with van der Waals surface area (Å²) in [5.41, 5.74) is 1.89. The van der Waals surface area contributed by atoms with Crippen molar-refractivity contribution in [1.29, 1.82) is 0 Å². The van der Waals surface area contributed by atoms with Gasteiger partial charge in [0.25, 0.3) is 0 Å². The van der Waals surface area contributed by atoms with Crippen LogP contribution >= 0.6 is 0 Å². The van der Waals surface area contributed by atoms with Crippen LogP contribution in [0.15, 0.2) is 42.9 Å². The molecule has 1 aromatic carbocycles. The van der Waals surface area contributed by atoms with E-state index in [1.54, 1.807) is 6.33 Å². The topological polar surface area (TPSA) is 58.9 Å². The highest BCUT2D eigenvalue weighted by atomic mass is 15.3. The molecule has 2 aliphatic heterocycles. The summed E-state index contributed by atoms with van der Waals surface area (Å²) in [6.07, 6.45) is 7.31. The van der Waals surface area contributed by atoms with E-state index in [4.69, 9.17) is 0 Å². The van der Waals surface area contributed by atoms with Gasteiger partial charge in [-0.1, -0.05) is 18.2 Å². The molecule has 0 amide bonds. The van der Waals surface area contributed by atoms with Crippen molar-refractivity contribution >= 4 is 16.9 Å². The van der Waals surface area contributed by atoms with E-state index in [0.29, 0.717) is 12.1 Å².